The summed E-state index contributed by atoms with van der Waals surface area (Å²) >= 11 is 0. The first-order valence-electron chi connectivity index (χ1n) is 7.46. The lowest BCUT2D eigenvalue weighted by molar-refractivity contribution is 0.206. The van der Waals surface area contributed by atoms with Gasteiger partial charge in [-0.3, -0.25) is 0 Å². The predicted molar refractivity (Wildman–Crippen MR) is 72.7 cm³/mol. The van der Waals surface area contributed by atoms with Crippen LogP contribution in [-0.2, 0) is 0 Å². The largest absolute Gasteiger partial charge is 0.396 e. The lowest BCUT2D eigenvalue weighted by Gasteiger charge is -2.12. The number of aliphatic hydroxyl groups excluding tert-OH is 1. The maximum atomic E-state index is 9.16. The van der Waals surface area contributed by atoms with Gasteiger partial charge in [-0.2, -0.15) is 0 Å². The summed E-state index contributed by atoms with van der Waals surface area (Å²) in [6.07, 6.45) is 14.7. The highest BCUT2D eigenvalue weighted by Gasteiger charge is 2.05. The number of aliphatic hydroxyl groups is 1. The summed E-state index contributed by atoms with van der Waals surface area (Å²) in [5.41, 5.74) is 0. The minimum Gasteiger partial charge on any atom is -0.396 e. The normalized spacial score (nSPS) is 12.9. The van der Waals surface area contributed by atoms with E-state index in [1.165, 1.54) is 70.6 Å². The fourth-order valence-corrected chi connectivity index (χ4v) is 2.30. The topological polar surface area (TPSA) is 20.2 Å². The highest BCUT2D eigenvalue weighted by Crippen LogP contribution is 2.16. The van der Waals surface area contributed by atoms with Crippen LogP contribution < -0.4 is 0 Å². The third-order valence-corrected chi connectivity index (χ3v) is 3.42. The summed E-state index contributed by atoms with van der Waals surface area (Å²) < 4.78 is 0. The summed E-state index contributed by atoms with van der Waals surface area (Å²) in [6.45, 7) is 4.86. The molecule has 0 fully saturated rings. The van der Waals surface area contributed by atoms with E-state index < -0.39 is 0 Å². The third-order valence-electron chi connectivity index (χ3n) is 3.42. The molecule has 1 N–H and O–H groups in total. The summed E-state index contributed by atoms with van der Waals surface area (Å²) in [7, 11) is 0. The van der Waals surface area contributed by atoms with Crippen LogP contribution in [0.4, 0.5) is 0 Å². The van der Waals surface area contributed by atoms with Crippen molar-refractivity contribution in [2.45, 2.75) is 84.5 Å². The van der Waals surface area contributed by atoms with Crippen molar-refractivity contribution in [3.8, 4) is 0 Å². The molecule has 0 unspecified atom stereocenters. The quantitative estimate of drug-likeness (QED) is 0.470. The molecular formula is C15H32O. The van der Waals surface area contributed by atoms with E-state index in [1.54, 1.807) is 0 Å². The molecule has 98 valence electrons. The van der Waals surface area contributed by atoms with Crippen molar-refractivity contribution in [1.29, 1.82) is 0 Å². The molecule has 0 aliphatic rings. The minimum absolute atomic E-state index is 0.393. The number of hydrogen-bond acceptors (Lipinski definition) is 1. The van der Waals surface area contributed by atoms with Gasteiger partial charge in [-0.25, -0.2) is 0 Å². The van der Waals surface area contributed by atoms with Crippen LogP contribution in [0, 0.1) is 5.92 Å². The lowest BCUT2D eigenvalue weighted by Crippen LogP contribution is -2.05. The van der Waals surface area contributed by atoms with Crippen molar-refractivity contribution in [3.63, 3.8) is 0 Å². The maximum absolute atomic E-state index is 9.16. The van der Waals surface area contributed by atoms with Gasteiger partial charge in [0.2, 0.25) is 0 Å². The molecule has 0 bridgehead atoms. The van der Waals surface area contributed by atoms with E-state index in [9.17, 15) is 0 Å². The van der Waals surface area contributed by atoms with E-state index in [1.807, 2.05) is 0 Å². The summed E-state index contributed by atoms with van der Waals surface area (Å²) in [4.78, 5) is 0. The average molecular weight is 228 g/mol. The van der Waals surface area contributed by atoms with Gasteiger partial charge in [0.1, 0.15) is 0 Å². The van der Waals surface area contributed by atoms with Crippen molar-refractivity contribution < 1.29 is 5.11 Å². The van der Waals surface area contributed by atoms with Crippen LogP contribution in [0.15, 0.2) is 0 Å². The molecule has 0 heterocycles. The Hall–Kier alpha value is -0.0400. The molecule has 0 saturated carbocycles. The molecule has 0 aromatic heterocycles. The highest BCUT2D eigenvalue weighted by molar-refractivity contribution is 4.57. The van der Waals surface area contributed by atoms with Crippen molar-refractivity contribution in [3.05, 3.63) is 0 Å². The molecule has 0 radical (unpaired) electrons. The van der Waals surface area contributed by atoms with Gasteiger partial charge in [0.15, 0.2) is 0 Å². The monoisotopic (exact) mass is 228 g/mol. The lowest BCUT2D eigenvalue weighted by atomic mass is 9.97. The van der Waals surface area contributed by atoms with Crippen molar-refractivity contribution in [2.24, 2.45) is 5.92 Å². The van der Waals surface area contributed by atoms with E-state index in [-0.39, 0.29) is 0 Å². The van der Waals surface area contributed by atoms with Gasteiger partial charge < -0.3 is 5.11 Å². The van der Waals surface area contributed by atoms with Crippen molar-refractivity contribution >= 4 is 0 Å². The average Bonchev–Trinajstić information content (AvgIpc) is 2.31. The van der Waals surface area contributed by atoms with Crippen LogP contribution in [-0.4, -0.2) is 11.7 Å². The smallest absolute Gasteiger partial charge is 0.0459 e. The molecule has 0 aromatic rings. The Morgan fingerprint density at radius 3 is 1.75 bits per heavy atom. The standard InChI is InChI=1S/C15H32O/c1-3-5-6-7-8-9-10-11-13-15(14-16)12-4-2/h15-16H,3-14H2,1-2H3/t15-/m1/s1. The Bertz CT molecular complexity index is 123. The fraction of sp³-hybridized carbons (Fsp3) is 1.00. The summed E-state index contributed by atoms with van der Waals surface area (Å²) in [5, 5.41) is 9.16. The van der Waals surface area contributed by atoms with Crippen LogP contribution in [0.3, 0.4) is 0 Å². The van der Waals surface area contributed by atoms with Gasteiger partial charge >= 0.3 is 0 Å². The Labute approximate surface area is 103 Å². The number of unbranched alkanes of at least 4 members (excludes halogenated alkanes) is 7. The number of rotatable bonds is 12. The van der Waals surface area contributed by atoms with Gasteiger partial charge in [0.05, 0.1) is 0 Å². The second-order valence-corrected chi connectivity index (χ2v) is 5.10. The molecule has 1 atom stereocenters. The minimum atomic E-state index is 0.393. The SMILES string of the molecule is CCCCCCCCCC[C@H](CO)CCC. The van der Waals surface area contributed by atoms with Gasteiger partial charge in [0.25, 0.3) is 0 Å². The van der Waals surface area contributed by atoms with Crippen LogP contribution in [0.25, 0.3) is 0 Å². The van der Waals surface area contributed by atoms with Gasteiger partial charge in [-0.1, -0.05) is 71.6 Å². The first kappa shape index (κ1) is 16.0. The molecule has 1 heteroatoms. The first-order chi connectivity index (χ1) is 7.85. The van der Waals surface area contributed by atoms with Crippen LogP contribution in [0.1, 0.15) is 84.5 Å². The van der Waals surface area contributed by atoms with Gasteiger partial charge in [-0.05, 0) is 18.8 Å². The Morgan fingerprint density at radius 1 is 0.688 bits per heavy atom. The number of hydrogen-bond donors (Lipinski definition) is 1. The van der Waals surface area contributed by atoms with Crippen LogP contribution in [0.5, 0.6) is 0 Å². The van der Waals surface area contributed by atoms with Crippen LogP contribution in [0.2, 0.25) is 0 Å². The first-order valence-corrected chi connectivity index (χ1v) is 7.46. The Kier molecular flexibility index (Phi) is 13.0. The summed E-state index contributed by atoms with van der Waals surface area (Å²) in [5.74, 6) is 0.574. The Morgan fingerprint density at radius 2 is 1.25 bits per heavy atom. The Balaban J connectivity index is 3.12. The second-order valence-electron chi connectivity index (χ2n) is 5.10. The third kappa shape index (κ3) is 10.5. The zero-order valence-electron chi connectivity index (χ0n) is 11.5. The molecule has 0 aliphatic heterocycles. The molecule has 0 aliphatic carbocycles. The van der Waals surface area contributed by atoms with E-state index in [0.717, 1.165) is 0 Å². The predicted octanol–water partition coefficient (Wildman–Crippen LogP) is 4.93. The summed E-state index contributed by atoms with van der Waals surface area (Å²) in [6, 6.07) is 0. The fourth-order valence-electron chi connectivity index (χ4n) is 2.30. The molecule has 16 heavy (non-hydrogen) atoms. The van der Waals surface area contributed by atoms with Crippen molar-refractivity contribution in [1.82, 2.24) is 0 Å². The zero-order valence-corrected chi connectivity index (χ0v) is 11.5. The maximum Gasteiger partial charge on any atom is 0.0459 e. The van der Waals surface area contributed by atoms with E-state index in [0.29, 0.717) is 12.5 Å². The van der Waals surface area contributed by atoms with E-state index in [2.05, 4.69) is 13.8 Å². The molecule has 1 nitrogen and oxygen atoms in total. The molecule has 0 rings (SSSR count). The van der Waals surface area contributed by atoms with Crippen molar-refractivity contribution in [2.75, 3.05) is 6.61 Å². The molecular weight excluding hydrogens is 196 g/mol. The molecule has 0 spiro atoms. The molecule has 0 saturated heterocycles. The zero-order chi connectivity index (χ0) is 12.1. The van der Waals surface area contributed by atoms with Crippen LogP contribution >= 0.6 is 0 Å². The second kappa shape index (κ2) is 13.0. The molecule has 0 aromatic carbocycles. The van der Waals surface area contributed by atoms with Gasteiger partial charge in [-0.15, -0.1) is 0 Å². The van der Waals surface area contributed by atoms with E-state index >= 15 is 0 Å². The van der Waals surface area contributed by atoms with E-state index in [4.69, 9.17) is 5.11 Å². The molecule has 0 amide bonds. The van der Waals surface area contributed by atoms with Gasteiger partial charge in [0, 0.05) is 6.61 Å². The highest BCUT2D eigenvalue weighted by atomic mass is 16.3.